The van der Waals surface area contributed by atoms with Gasteiger partial charge in [-0.15, -0.1) is 0 Å². The van der Waals surface area contributed by atoms with Crippen molar-refractivity contribution in [2.75, 3.05) is 6.61 Å². The van der Waals surface area contributed by atoms with Crippen LogP contribution in [0.5, 0.6) is 0 Å². The van der Waals surface area contributed by atoms with Crippen LogP contribution in [0.3, 0.4) is 0 Å². The number of ether oxygens (including phenoxy) is 7. The zero-order chi connectivity index (χ0) is 38.5. The van der Waals surface area contributed by atoms with E-state index in [0.29, 0.717) is 6.61 Å². The Balaban J connectivity index is 1.37. The minimum atomic E-state index is -1.12. The molecule has 6 atom stereocenters. The highest BCUT2D eigenvalue weighted by Gasteiger charge is 2.48. The van der Waals surface area contributed by atoms with Gasteiger partial charge in [-0.25, -0.2) is 9.59 Å². The lowest BCUT2D eigenvalue weighted by atomic mass is 9.94. The summed E-state index contributed by atoms with van der Waals surface area (Å²) in [5.74, 6) is 5.69. The molecule has 1 N–H and O–H groups in total. The molecule has 55 heavy (non-hydrogen) atoms. The van der Waals surface area contributed by atoms with Gasteiger partial charge in [-0.3, -0.25) is 0 Å². The molecular formula is C45H49NO9. The van der Waals surface area contributed by atoms with Gasteiger partial charge in [0.25, 0.3) is 0 Å². The summed E-state index contributed by atoms with van der Waals surface area (Å²) in [4.78, 5) is 26.4. The van der Waals surface area contributed by atoms with Gasteiger partial charge in [-0.05, 0) is 48.6 Å². The maximum atomic E-state index is 13.5. The van der Waals surface area contributed by atoms with Crippen LogP contribution >= 0.6 is 0 Å². The molecular weight excluding hydrogens is 698 g/mol. The SMILES string of the molecule is CC(C)(C)OC(=O)N[C@H]1CC#C[C@@H]2OC(COCc3ccccc3COC1=O)[C@@H](OCc1ccccc1)C(OCc1ccccc1)C2OCc1ccccc1. The van der Waals surface area contributed by atoms with Gasteiger partial charge < -0.3 is 38.5 Å². The molecule has 10 heteroatoms. The Morgan fingerprint density at radius 3 is 1.78 bits per heavy atom. The van der Waals surface area contributed by atoms with E-state index in [1.807, 2.05) is 115 Å². The zero-order valence-corrected chi connectivity index (χ0v) is 31.6. The first kappa shape index (κ1) is 39.7. The molecule has 6 rings (SSSR count). The number of carbonyl (C=O) groups excluding carboxylic acids is 2. The molecule has 10 nitrogen and oxygen atoms in total. The van der Waals surface area contributed by atoms with Gasteiger partial charge in [0.1, 0.15) is 48.8 Å². The van der Waals surface area contributed by atoms with Crippen molar-refractivity contribution in [1.82, 2.24) is 5.32 Å². The van der Waals surface area contributed by atoms with E-state index in [0.717, 1.165) is 27.8 Å². The Bertz CT molecular complexity index is 1870. The van der Waals surface area contributed by atoms with Gasteiger partial charge in [-0.1, -0.05) is 127 Å². The van der Waals surface area contributed by atoms with E-state index in [9.17, 15) is 9.59 Å². The Labute approximate surface area is 323 Å². The minimum absolute atomic E-state index is 0.0194. The van der Waals surface area contributed by atoms with E-state index in [1.165, 1.54) is 0 Å². The number of nitrogens with one attached hydrogen (secondary N) is 1. The van der Waals surface area contributed by atoms with Crippen LogP contribution in [-0.4, -0.2) is 60.8 Å². The molecule has 0 spiro atoms. The highest BCUT2D eigenvalue weighted by molar-refractivity contribution is 5.81. The average Bonchev–Trinajstić information content (AvgIpc) is 3.18. The molecule has 0 saturated carbocycles. The third kappa shape index (κ3) is 12.0. The fourth-order valence-corrected chi connectivity index (χ4v) is 6.32. The van der Waals surface area contributed by atoms with Crippen LogP contribution < -0.4 is 5.32 Å². The van der Waals surface area contributed by atoms with Crippen molar-refractivity contribution in [1.29, 1.82) is 0 Å². The van der Waals surface area contributed by atoms with E-state index >= 15 is 0 Å². The van der Waals surface area contributed by atoms with Crippen molar-refractivity contribution in [3.63, 3.8) is 0 Å². The number of fused-ring (bicyclic) bond motifs is 3. The third-order valence-corrected chi connectivity index (χ3v) is 9.04. The first-order valence-electron chi connectivity index (χ1n) is 18.6. The van der Waals surface area contributed by atoms with Crippen molar-refractivity contribution in [3.8, 4) is 11.8 Å². The van der Waals surface area contributed by atoms with Crippen LogP contribution in [-0.2, 0) is 71.0 Å². The summed E-state index contributed by atoms with van der Waals surface area (Å²) >= 11 is 0. The van der Waals surface area contributed by atoms with E-state index in [2.05, 4.69) is 17.2 Å². The number of hydrogen-bond donors (Lipinski definition) is 1. The molecule has 4 aromatic rings. The Hall–Kier alpha value is -5.02. The quantitative estimate of drug-likeness (QED) is 0.135. The largest absolute Gasteiger partial charge is 0.459 e. The summed E-state index contributed by atoms with van der Waals surface area (Å²) in [7, 11) is 0. The molecule has 0 radical (unpaired) electrons. The van der Waals surface area contributed by atoms with Gasteiger partial charge >= 0.3 is 12.1 Å². The summed E-state index contributed by atoms with van der Waals surface area (Å²) < 4.78 is 44.6. The average molecular weight is 748 g/mol. The smallest absolute Gasteiger partial charge is 0.408 e. The number of rotatable bonds is 10. The highest BCUT2D eigenvalue weighted by atomic mass is 16.6. The molecule has 3 unspecified atom stereocenters. The van der Waals surface area contributed by atoms with E-state index < -0.39 is 54.2 Å². The van der Waals surface area contributed by atoms with Crippen LogP contribution in [0.2, 0.25) is 0 Å². The Morgan fingerprint density at radius 2 is 1.22 bits per heavy atom. The first-order valence-corrected chi connectivity index (χ1v) is 18.6. The second-order valence-electron chi connectivity index (χ2n) is 14.5. The molecule has 1 saturated heterocycles. The normalized spacial score (nSPS) is 23.1. The van der Waals surface area contributed by atoms with E-state index in [4.69, 9.17) is 33.2 Å². The van der Waals surface area contributed by atoms with Crippen molar-refractivity contribution < 1.29 is 42.7 Å². The van der Waals surface area contributed by atoms with Crippen molar-refractivity contribution in [3.05, 3.63) is 143 Å². The zero-order valence-electron chi connectivity index (χ0n) is 31.6. The summed E-state index contributed by atoms with van der Waals surface area (Å²) in [6.45, 7) is 6.46. The maximum absolute atomic E-state index is 13.5. The molecule has 0 aliphatic carbocycles. The van der Waals surface area contributed by atoms with E-state index in [-0.39, 0.29) is 39.5 Å². The molecule has 2 heterocycles. The fourth-order valence-electron chi connectivity index (χ4n) is 6.32. The minimum Gasteiger partial charge on any atom is -0.459 e. The molecule has 1 amide bonds. The van der Waals surface area contributed by atoms with Crippen LogP contribution in [0, 0.1) is 11.8 Å². The molecule has 2 aliphatic heterocycles. The van der Waals surface area contributed by atoms with Gasteiger partial charge in [0.05, 0.1) is 33.0 Å². The molecule has 2 aliphatic rings. The fraction of sp³-hybridized carbons (Fsp3) is 0.378. The van der Waals surface area contributed by atoms with E-state index in [1.54, 1.807) is 20.8 Å². The summed E-state index contributed by atoms with van der Waals surface area (Å²) in [5, 5.41) is 2.66. The second-order valence-corrected chi connectivity index (χ2v) is 14.5. The van der Waals surface area contributed by atoms with Gasteiger partial charge in [0.2, 0.25) is 0 Å². The predicted molar refractivity (Wildman–Crippen MR) is 205 cm³/mol. The van der Waals surface area contributed by atoms with Gasteiger partial charge in [0, 0.05) is 6.42 Å². The number of cyclic esters (lactones) is 1. The lowest BCUT2D eigenvalue weighted by molar-refractivity contribution is -0.261. The number of amides is 1. The third-order valence-electron chi connectivity index (χ3n) is 9.04. The lowest BCUT2D eigenvalue weighted by Crippen LogP contribution is -2.60. The second kappa shape index (κ2) is 19.5. The number of alkyl carbamates (subject to hydrolysis) is 1. The molecule has 4 aromatic carbocycles. The summed E-state index contributed by atoms with van der Waals surface area (Å²) in [6.07, 6.45) is -4.28. The summed E-state index contributed by atoms with van der Waals surface area (Å²) in [6, 6.07) is 36.1. The van der Waals surface area contributed by atoms with Crippen LogP contribution in [0.15, 0.2) is 115 Å². The van der Waals surface area contributed by atoms with Crippen LogP contribution in [0.1, 0.15) is 55.0 Å². The van der Waals surface area contributed by atoms with Crippen molar-refractivity contribution >= 4 is 12.1 Å². The number of carbonyl (C=O) groups is 2. The van der Waals surface area contributed by atoms with Crippen molar-refractivity contribution in [2.45, 2.75) is 102 Å². The number of hydrogen-bond acceptors (Lipinski definition) is 9. The van der Waals surface area contributed by atoms with Crippen LogP contribution in [0.25, 0.3) is 0 Å². The molecule has 0 aromatic heterocycles. The molecule has 1 fully saturated rings. The summed E-state index contributed by atoms with van der Waals surface area (Å²) in [5.41, 5.74) is 3.77. The number of benzene rings is 4. The highest BCUT2D eigenvalue weighted by Crippen LogP contribution is 2.31. The monoisotopic (exact) mass is 747 g/mol. The molecule has 2 bridgehead atoms. The van der Waals surface area contributed by atoms with Gasteiger partial charge in [0.15, 0.2) is 0 Å². The number of esters is 1. The van der Waals surface area contributed by atoms with Gasteiger partial charge in [-0.2, -0.15) is 0 Å². The lowest BCUT2D eigenvalue weighted by Gasteiger charge is -2.45. The first-order chi connectivity index (χ1) is 26.7. The van der Waals surface area contributed by atoms with Crippen molar-refractivity contribution in [2.24, 2.45) is 0 Å². The standard InChI is InChI=1S/C45H49NO9/c1-45(2,3)55-44(48)46-37-24-15-25-38-40(50-26-32-16-7-4-8-17-32)42(52-28-34-20-11-6-12-21-34)41(51-27-33-18-9-5-10-19-33)39(54-38)31-49-29-35-22-13-14-23-36(35)30-53-43(37)47/h4-14,16-23,37-42H,24,26-31H2,1-3H3,(H,46,48)/t37-,38-,39?,40?,41+,42?/m0/s1. The topological polar surface area (TPSA) is 111 Å². The molecule has 288 valence electrons. The maximum Gasteiger partial charge on any atom is 0.408 e. The Morgan fingerprint density at radius 1 is 0.709 bits per heavy atom. The Kier molecular flexibility index (Phi) is 14.1. The predicted octanol–water partition coefficient (Wildman–Crippen LogP) is 7.07. The van der Waals surface area contributed by atoms with Crippen LogP contribution in [0.4, 0.5) is 4.79 Å².